The van der Waals surface area contributed by atoms with Crippen LogP contribution in [0.2, 0.25) is 0 Å². The highest BCUT2D eigenvalue weighted by Gasteiger charge is 2.14. The summed E-state index contributed by atoms with van der Waals surface area (Å²) in [5.41, 5.74) is 0.672. The van der Waals surface area contributed by atoms with Gasteiger partial charge in [-0.25, -0.2) is 9.48 Å². The predicted octanol–water partition coefficient (Wildman–Crippen LogP) is 1.44. The summed E-state index contributed by atoms with van der Waals surface area (Å²) in [6, 6.07) is 11.9. The van der Waals surface area contributed by atoms with Crippen LogP contribution in [0.5, 0.6) is 0 Å². The van der Waals surface area contributed by atoms with Gasteiger partial charge < -0.3 is 5.11 Å². The van der Waals surface area contributed by atoms with E-state index in [1.54, 1.807) is 24.3 Å². The highest BCUT2D eigenvalue weighted by atomic mass is 16.4. The molecule has 78 valence electrons. The summed E-state index contributed by atoms with van der Waals surface area (Å²) in [4.78, 5) is 11.0. The van der Waals surface area contributed by atoms with Crippen LogP contribution in [0.1, 0.15) is 16.2 Å². The lowest BCUT2D eigenvalue weighted by atomic mass is 10.3. The average Bonchev–Trinajstić information content (AvgIpc) is 2.74. The van der Waals surface area contributed by atoms with Crippen molar-refractivity contribution in [2.75, 3.05) is 0 Å². The van der Waals surface area contributed by atoms with E-state index < -0.39 is 5.97 Å². The molecule has 2 rings (SSSR count). The molecule has 0 unspecified atom stereocenters. The van der Waals surface area contributed by atoms with Crippen LogP contribution in [-0.4, -0.2) is 20.9 Å². The zero-order valence-electron chi connectivity index (χ0n) is 8.16. The second kappa shape index (κ2) is 3.87. The second-order valence-corrected chi connectivity index (χ2v) is 3.08. The minimum Gasteiger partial charge on any atom is -0.477 e. The van der Waals surface area contributed by atoms with Crippen LogP contribution in [0.4, 0.5) is 0 Å². The number of nitriles is 1. The molecule has 1 aromatic carbocycles. The van der Waals surface area contributed by atoms with Gasteiger partial charge in [0.25, 0.3) is 0 Å². The molecular weight excluding hydrogens is 206 g/mol. The number of hydrogen-bond acceptors (Lipinski definition) is 3. The Morgan fingerprint density at radius 2 is 2.06 bits per heavy atom. The molecule has 0 atom stereocenters. The lowest BCUT2D eigenvalue weighted by Crippen LogP contribution is -2.07. The number of rotatable bonds is 2. The molecule has 0 saturated heterocycles. The van der Waals surface area contributed by atoms with Crippen molar-refractivity contribution in [3.05, 3.63) is 47.8 Å². The van der Waals surface area contributed by atoms with Crippen molar-refractivity contribution in [1.29, 1.82) is 5.26 Å². The number of carbonyl (C=O) groups is 1. The van der Waals surface area contributed by atoms with Crippen molar-refractivity contribution in [2.24, 2.45) is 0 Å². The van der Waals surface area contributed by atoms with Crippen LogP contribution in [0.25, 0.3) is 5.69 Å². The molecule has 5 nitrogen and oxygen atoms in total. The fourth-order valence-electron chi connectivity index (χ4n) is 1.35. The van der Waals surface area contributed by atoms with Gasteiger partial charge in [-0.3, -0.25) is 0 Å². The van der Waals surface area contributed by atoms with E-state index in [1.165, 1.54) is 10.7 Å². The number of para-hydroxylation sites is 1. The highest BCUT2D eigenvalue weighted by molar-refractivity contribution is 5.86. The first-order valence-corrected chi connectivity index (χ1v) is 4.51. The number of hydrogen-bond donors (Lipinski definition) is 1. The Balaban J connectivity index is 2.61. The summed E-state index contributed by atoms with van der Waals surface area (Å²) < 4.78 is 1.24. The summed E-state index contributed by atoms with van der Waals surface area (Å²) in [5.74, 6) is -1.11. The van der Waals surface area contributed by atoms with Gasteiger partial charge >= 0.3 is 5.97 Å². The molecule has 0 fully saturated rings. The summed E-state index contributed by atoms with van der Waals surface area (Å²) in [6.07, 6.45) is 0. The minimum atomic E-state index is -1.11. The number of carboxylic acids is 1. The monoisotopic (exact) mass is 213 g/mol. The van der Waals surface area contributed by atoms with E-state index in [0.717, 1.165) is 0 Å². The van der Waals surface area contributed by atoms with Crippen LogP contribution in [-0.2, 0) is 0 Å². The number of benzene rings is 1. The summed E-state index contributed by atoms with van der Waals surface area (Å²) >= 11 is 0. The molecule has 0 radical (unpaired) electrons. The fourth-order valence-corrected chi connectivity index (χ4v) is 1.35. The third-order valence-corrected chi connectivity index (χ3v) is 2.04. The predicted molar refractivity (Wildman–Crippen MR) is 55.2 cm³/mol. The van der Waals surface area contributed by atoms with Crippen LogP contribution in [0.3, 0.4) is 0 Å². The van der Waals surface area contributed by atoms with E-state index in [4.69, 9.17) is 10.4 Å². The van der Waals surface area contributed by atoms with Crippen LogP contribution in [0.15, 0.2) is 36.4 Å². The fraction of sp³-hybridized carbons (Fsp3) is 0. The van der Waals surface area contributed by atoms with Crippen molar-refractivity contribution in [2.45, 2.75) is 0 Å². The molecule has 0 spiro atoms. The molecular formula is C11H7N3O2. The maximum Gasteiger partial charge on any atom is 0.354 e. The van der Waals surface area contributed by atoms with Gasteiger partial charge in [0, 0.05) is 6.07 Å². The molecule has 0 bridgehead atoms. The molecule has 1 heterocycles. The number of aromatic nitrogens is 2. The largest absolute Gasteiger partial charge is 0.477 e. The summed E-state index contributed by atoms with van der Waals surface area (Å²) in [7, 11) is 0. The lowest BCUT2D eigenvalue weighted by molar-refractivity contribution is 0.0687. The zero-order valence-corrected chi connectivity index (χ0v) is 8.16. The normalized spacial score (nSPS) is 9.69. The Morgan fingerprint density at radius 1 is 1.38 bits per heavy atom. The van der Waals surface area contributed by atoms with Crippen molar-refractivity contribution in [3.63, 3.8) is 0 Å². The quantitative estimate of drug-likeness (QED) is 0.818. The zero-order chi connectivity index (χ0) is 11.5. The first-order chi connectivity index (χ1) is 7.72. The molecule has 0 amide bonds. The van der Waals surface area contributed by atoms with E-state index >= 15 is 0 Å². The van der Waals surface area contributed by atoms with E-state index in [2.05, 4.69) is 5.10 Å². The maximum absolute atomic E-state index is 11.0. The topological polar surface area (TPSA) is 78.9 Å². The minimum absolute atomic E-state index is 0.0252. The summed E-state index contributed by atoms with van der Waals surface area (Å²) in [5, 5.41) is 21.5. The number of aromatic carboxylic acids is 1. The molecule has 5 heteroatoms. The Kier molecular flexibility index (Phi) is 2.40. The van der Waals surface area contributed by atoms with Crippen LogP contribution in [0, 0.1) is 11.3 Å². The molecule has 0 aliphatic rings. The van der Waals surface area contributed by atoms with E-state index in [0.29, 0.717) is 5.69 Å². The van der Waals surface area contributed by atoms with Crippen LogP contribution < -0.4 is 0 Å². The third-order valence-electron chi connectivity index (χ3n) is 2.04. The second-order valence-electron chi connectivity index (χ2n) is 3.08. The lowest BCUT2D eigenvalue weighted by Gasteiger charge is -2.02. The van der Waals surface area contributed by atoms with Gasteiger partial charge in [0.2, 0.25) is 0 Å². The number of carboxylic acid groups (broad SMARTS) is 1. The molecule has 16 heavy (non-hydrogen) atoms. The smallest absolute Gasteiger partial charge is 0.354 e. The van der Waals surface area contributed by atoms with Gasteiger partial charge in [0.1, 0.15) is 6.07 Å². The van der Waals surface area contributed by atoms with Gasteiger partial charge in [0.15, 0.2) is 11.4 Å². The van der Waals surface area contributed by atoms with Crippen LogP contribution >= 0.6 is 0 Å². The maximum atomic E-state index is 11.0. The van der Waals surface area contributed by atoms with Gasteiger partial charge in [-0.15, -0.1) is 0 Å². The molecule has 0 aliphatic heterocycles. The van der Waals surface area contributed by atoms with E-state index in [1.807, 2.05) is 12.1 Å². The van der Waals surface area contributed by atoms with Gasteiger partial charge in [-0.2, -0.15) is 10.4 Å². The Bertz CT molecular complexity index is 567. The SMILES string of the molecule is N#Cc1cc(C(=O)O)n(-c2ccccc2)n1. The Hall–Kier alpha value is -2.61. The van der Waals surface area contributed by atoms with E-state index in [9.17, 15) is 4.79 Å². The molecule has 0 aliphatic carbocycles. The Morgan fingerprint density at radius 3 is 2.62 bits per heavy atom. The first-order valence-electron chi connectivity index (χ1n) is 4.51. The molecule has 2 aromatic rings. The van der Waals surface area contributed by atoms with Gasteiger partial charge in [0.05, 0.1) is 5.69 Å². The molecule has 0 saturated carbocycles. The first kappa shape index (κ1) is 9.93. The number of nitrogens with zero attached hydrogens (tertiary/aromatic N) is 3. The molecule has 1 N–H and O–H groups in total. The van der Waals surface area contributed by atoms with Gasteiger partial charge in [-0.05, 0) is 12.1 Å². The average molecular weight is 213 g/mol. The van der Waals surface area contributed by atoms with Crippen molar-refractivity contribution >= 4 is 5.97 Å². The molecule has 1 aromatic heterocycles. The van der Waals surface area contributed by atoms with Crippen molar-refractivity contribution in [3.8, 4) is 11.8 Å². The van der Waals surface area contributed by atoms with Crippen molar-refractivity contribution < 1.29 is 9.90 Å². The highest BCUT2D eigenvalue weighted by Crippen LogP contribution is 2.12. The van der Waals surface area contributed by atoms with Gasteiger partial charge in [-0.1, -0.05) is 18.2 Å². The Labute approximate surface area is 91.2 Å². The summed E-state index contributed by atoms with van der Waals surface area (Å²) in [6.45, 7) is 0. The standard InChI is InChI=1S/C11H7N3O2/c12-7-8-6-10(11(15)16)14(13-8)9-4-2-1-3-5-9/h1-6H,(H,15,16). The third kappa shape index (κ3) is 1.64. The van der Waals surface area contributed by atoms with E-state index in [-0.39, 0.29) is 11.4 Å². The van der Waals surface area contributed by atoms with Crippen molar-refractivity contribution in [1.82, 2.24) is 9.78 Å².